The number of hydrogen-bond donors (Lipinski definition) is 1. The Morgan fingerprint density at radius 2 is 2.07 bits per heavy atom. The van der Waals surface area contributed by atoms with Crippen LogP contribution in [0.1, 0.15) is 33.3 Å². The molecule has 0 fully saturated rings. The second-order valence-electron chi connectivity index (χ2n) is 6.76. The number of aryl methyl sites for hydroxylation is 1. The number of nitrogens with zero attached hydrogens (tertiary/aromatic N) is 2. The topological polar surface area (TPSA) is 83.6 Å². The summed E-state index contributed by atoms with van der Waals surface area (Å²) in [6.07, 6.45) is 1.59. The molecule has 4 aromatic rings. The third kappa shape index (κ3) is 2.66. The first-order chi connectivity index (χ1) is 14.0. The summed E-state index contributed by atoms with van der Waals surface area (Å²) in [5.41, 5.74) is 1.51. The van der Waals surface area contributed by atoms with E-state index in [1.54, 1.807) is 42.8 Å². The number of amides is 1. The van der Waals surface area contributed by atoms with Crippen molar-refractivity contribution in [3.05, 3.63) is 85.7 Å². The normalized spacial score (nSPS) is 15.9. The Balaban J connectivity index is 1.85. The summed E-state index contributed by atoms with van der Waals surface area (Å²) >= 11 is 7.50. The van der Waals surface area contributed by atoms with Gasteiger partial charge in [0.05, 0.1) is 17.0 Å². The standard InChI is InChI=1S/C21H13ClN2O4S/c1-10-7-15-13(9-14(10)22)18(26)16-17(11-3-2-4-12(25)8-11)24(20(27)19(16)28-15)21-23-5-6-29-21/h2-9,17,25H,1H3. The lowest BCUT2D eigenvalue weighted by Crippen LogP contribution is -2.29. The first-order valence-corrected chi connectivity index (χ1v) is 10.0. The molecule has 1 amide bonds. The monoisotopic (exact) mass is 424 g/mol. The number of phenols is 1. The average molecular weight is 425 g/mol. The fourth-order valence-electron chi connectivity index (χ4n) is 3.64. The van der Waals surface area contributed by atoms with Gasteiger partial charge in [-0.05, 0) is 42.3 Å². The number of aromatic nitrogens is 1. The number of halogens is 1. The minimum Gasteiger partial charge on any atom is -0.508 e. The Bertz CT molecular complexity index is 1350. The predicted molar refractivity (Wildman–Crippen MR) is 111 cm³/mol. The summed E-state index contributed by atoms with van der Waals surface area (Å²) in [6, 6.07) is 8.92. The molecule has 1 aliphatic rings. The zero-order valence-corrected chi connectivity index (χ0v) is 16.6. The van der Waals surface area contributed by atoms with Gasteiger partial charge in [0.15, 0.2) is 10.6 Å². The Morgan fingerprint density at radius 3 is 2.79 bits per heavy atom. The van der Waals surface area contributed by atoms with Gasteiger partial charge in [-0.1, -0.05) is 23.7 Å². The number of hydrogen-bond acceptors (Lipinski definition) is 6. The van der Waals surface area contributed by atoms with Gasteiger partial charge in [0.2, 0.25) is 5.76 Å². The Labute approximate surface area is 173 Å². The third-order valence-corrected chi connectivity index (χ3v) is 6.14. The van der Waals surface area contributed by atoms with Crippen molar-refractivity contribution in [3.8, 4) is 5.75 Å². The number of carbonyl (C=O) groups is 1. The first kappa shape index (κ1) is 17.9. The molecule has 0 spiro atoms. The van der Waals surface area contributed by atoms with E-state index in [0.29, 0.717) is 26.7 Å². The minimum atomic E-state index is -0.767. The van der Waals surface area contributed by atoms with Crippen molar-refractivity contribution in [1.29, 1.82) is 0 Å². The van der Waals surface area contributed by atoms with Crippen LogP contribution in [0.5, 0.6) is 5.75 Å². The van der Waals surface area contributed by atoms with Crippen molar-refractivity contribution in [2.45, 2.75) is 13.0 Å². The van der Waals surface area contributed by atoms with E-state index in [2.05, 4.69) is 4.98 Å². The van der Waals surface area contributed by atoms with Crippen molar-refractivity contribution in [2.75, 3.05) is 4.90 Å². The van der Waals surface area contributed by atoms with Crippen LogP contribution < -0.4 is 10.3 Å². The van der Waals surface area contributed by atoms with Crippen LogP contribution in [0.25, 0.3) is 11.0 Å². The van der Waals surface area contributed by atoms with Gasteiger partial charge in [0.25, 0.3) is 5.91 Å². The summed E-state index contributed by atoms with van der Waals surface area (Å²) in [4.78, 5) is 32.4. The molecule has 29 heavy (non-hydrogen) atoms. The minimum absolute atomic E-state index is 0.0206. The fraction of sp³-hybridized carbons (Fsp3) is 0.0952. The largest absolute Gasteiger partial charge is 0.508 e. The van der Waals surface area contributed by atoms with E-state index in [1.165, 1.54) is 28.4 Å². The number of aromatic hydroxyl groups is 1. The van der Waals surface area contributed by atoms with E-state index in [0.717, 1.165) is 5.56 Å². The molecular formula is C21H13ClN2O4S. The van der Waals surface area contributed by atoms with Crippen LogP contribution in [0.4, 0.5) is 5.13 Å². The maximum Gasteiger partial charge on any atom is 0.297 e. The number of rotatable bonds is 2. The Morgan fingerprint density at radius 1 is 1.24 bits per heavy atom. The van der Waals surface area contributed by atoms with Crippen molar-refractivity contribution < 1.29 is 14.3 Å². The number of anilines is 1. The molecule has 5 rings (SSSR count). The molecule has 0 saturated carbocycles. The number of carbonyl (C=O) groups excluding carboxylic acids is 1. The van der Waals surface area contributed by atoms with E-state index in [9.17, 15) is 14.7 Å². The van der Waals surface area contributed by atoms with Crippen molar-refractivity contribution in [2.24, 2.45) is 0 Å². The number of thiazole rings is 1. The molecule has 1 unspecified atom stereocenters. The third-order valence-electron chi connectivity index (χ3n) is 4.96. The van der Waals surface area contributed by atoms with Crippen molar-refractivity contribution in [3.63, 3.8) is 0 Å². The van der Waals surface area contributed by atoms with Crippen LogP contribution in [-0.2, 0) is 0 Å². The predicted octanol–water partition coefficient (Wildman–Crippen LogP) is 4.67. The maximum atomic E-state index is 13.4. The number of benzene rings is 2. The molecule has 2 aromatic carbocycles. The number of fused-ring (bicyclic) bond motifs is 2. The lowest BCUT2D eigenvalue weighted by atomic mass is 9.98. The molecule has 0 aliphatic carbocycles. The van der Waals surface area contributed by atoms with Gasteiger partial charge < -0.3 is 9.52 Å². The highest BCUT2D eigenvalue weighted by Gasteiger charge is 2.44. The van der Waals surface area contributed by atoms with Gasteiger partial charge in [-0.2, -0.15) is 0 Å². The van der Waals surface area contributed by atoms with E-state index in [1.807, 2.05) is 0 Å². The summed E-state index contributed by atoms with van der Waals surface area (Å²) in [5, 5.41) is 12.9. The van der Waals surface area contributed by atoms with E-state index in [4.69, 9.17) is 16.0 Å². The second kappa shape index (κ2) is 6.43. The fourth-order valence-corrected chi connectivity index (χ4v) is 4.47. The van der Waals surface area contributed by atoms with E-state index >= 15 is 0 Å². The Kier molecular flexibility index (Phi) is 3.97. The second-order valence-corrected chi connectivity index (χ2v) is 8.04. The lowest BCUT2D eigenvalue weighted by molar-refractivity contribution is 0.0971. The van der Waals surface area contributed by atoms with Gasteiger partial charge in [-0.15, -0.1) is 11.3 Å². The lowest BCUT2D eigenvalue weighted by Gasteiger charge is -2.22. The molecule has 6 nitrogen and oxygen atoms in total. The SMILES string of the molecule is Cc1cc2oc3c(c(=O)c2cc1Cl)C(c1cccc(O)c1)N(c1nccs1)C3=O. The molecular weight excluding hydrogens is 412 g/mol. The molecule has 8 heteroatoms. The molecule has 1 N–H and O–H groups in total. The first-order valence-electron chi connectivity index (χ1n) is 8.74. The molecule has 0 bridgehead atoms. The molecule has 0 saturated heterocycles. The summed E-state index contributed by atoms with van der Waals surface area (Å²) in [5.74, 6) is -0.436. The highest BCUT2D eigenvalue weighted by Crippen LogP contribution is 2.42. The van der Waals surface area contributed by atoms with E-state index < -0.39 is 11.9 Å². The van der Waals surface area contributed by atoms with Crippen LogP contribution in [0, 0.1) is 6.92 Å². The zero-order valence-electron chi connectivity index (χ0n) is 15.0. The maximum absolute atomic E-state index is 13.4. The van der Waals surface area contributed by atoms with Gasteiger partial charge in [-0.3, -0.25) is 14.5 Å². The molecule has 1 aliphatic heterocycles. The molecule has 144 valence electrons. The van der Waals surface area contributed by atoms with Crippen LogP contribution in [0.3, 0.4) is 0 Å². The smallest absolute Gasteiger partial charge is 0.297 e. The van der Waals surface area contributed by atoms with Crippen molar-refractivity contribution in [1.82, 2.24) is 4.98 Å². The van der Waals surface area contributed by atoms with Gasteiger partial charge in [0.1, 0.15) is 11.3 Å². The number of phenolic OH excluding ortho intramolecular Hbond substituents is 1. The van der Waals surface area contributed by atoms with Crippen LogP contribution >= 0.6 is 22.9 Å². The molecule has 1 atom stereocenters. The molecule has 2 aromatic heterocycles. The highest BCUT2D eigenvalue weighted by molar-refractivity contribution is 7.13. The average Bonchev–Trinajstić information content (AvgIpc) is 3.30. The van der Waals surface area contributed by atoms with Crippen LogP contribution in [0.2, 0.25) is 5.02 Å². The summed E-state index contributed by atoms with van der Waals surface area (Å²) in [6.45, 7) is 1.80. The Hall–Kier alpha value is -3.16. The quantitative estimate of drug-likeness (QED) is 0.505. The summed E-state index contributed by atoms with van der Waals surface area (Å²) < 4.78 is 5.91. The van der Waals surface area contributed by atoms with E-state index in [-0.39, 0.29) is 22.5 Å². The van der Waals surface area contributed by atoms with Gasteiger partial charge in [-0.25, -0.2) is 4.98 Å². The van der Waals surface area contributed by atoms with Gasteiger partial charge in [0, 0.05) is 16.6 Å². The van der Waals surface area contributed by atoms with Crippen LogP contribution in [0.15, 0.2) is 57.2 Å². The van der Waals surface area contributed by atoms with Crippen molar-refractivity contribution >= 4 is 44.9 Å². The highest BCUT2D eigenvalue weighted by atomic mass is 35.5. The molecule has 3 heterocycles. The molecule has 0 radical (unpaired) electrons. The van der Waals surface area contributed by atoms with Crippen LogP contribution in [-0.4, -0.2) is 16.0 Å². The summed E-state index contributed by atoms with van der Waals surface area (Å²) in [7, 11) is 0. The zero-order chi connectivity index (χ0) is 20.3. The van der Waals surface area contributed by atoms with Gasteiger partial charge >= 0.3 is 0 Å².